The highest BCUT2D eigenvalue weighted by atomic mass is 79.9. The van der Waals surface area contributed by atoms with Crippen molar-refractivity contribution in [3.05, 3.63) is 59.6 Å². The molecule has 8 nitrogen and oxygen atoms in total. The number of rotatable bonds is 9. The van der Waals surface area contributed by atoms with Gasteiger partial charge in [-0.25, -0.2) is 17.4 Å². The Morgan fingerprint density at radius 1 is 1.29 bits per heavy atom. The predicted molar refractivity (Wildman–Crippen MR) is 135 cm³/mol. The first kappa shape index (κ1) is 24.4. The number of esters is 1. The summed E-state index contributed by atoms with van der Waals surface area (Å²) in [5, 5.41) is 5.18. The van der Waals surface area contributed by atoms with Crippen molar-refractivity contribution in [3.8, 4) is 11.1 Å². The van der Waals surface area contributed by atoms with Crippen molar-refractivity contribution in [3.63, 3.8) is 0 Å². The monoisotopic (exact) mass is 546 g/mol. The first-order chi connectivity index (χ1) is 16.2. The lowest BCUT2D eigenvalue weighted by atomic mass is 10.0. The molecule has 4 rings (SSSR count). The van der Waals surface area contributed by atoms with Gasteiger partial charge >= 0.3 is 5.97 Å². The molecule has 34 heavy (non-hydrogen) atoms. The van der Waals surface area contributed by atoms with Crippen molar-refractivity contribution in [2.24, 2.45) is 0 Å². The Labute approximate surface area is 207 Å². The molecule has 0 bridgehead atoms. The zero-order valence-corrected chi connectivity index (χ0v) is 21.5. The van der Waals surface area contributed by atoms with Crippen LogP contribution in [0.5, 0.6) is 0 Å². The molecule has 0 aromatic carbocycles. The van der Waals surface area contributed by atoms with E-state index in [2.05, 4.69) is 26.0 Å². The fraction of sp³-hybridized carbons (Fsp3) is 0.375. The van der Waals surface area contributed by atoms with Crippen LogP contribution in [0.2, 0.25) is 0 Å². The third-order valence-electron chi connectivity index (χ3n) is 5.89. The van der Waals surface area contributed by atoms with Crippen molar-refractivity contribution in [1.29, 1.82) is 0 Å². The van der Waals surface area contributed by atoms with E-state index in [4.69, 9.17) is 4.74 Å². The number of allylic oxidation sites excluding steroid dienone is 3. The number of aryl methyl sites for hydroxylation is 1. The number of hydrogen-bond acceptors (Lipinski definition) is 6. The van der Waals surface area contributed by atoms with E-state index >= 15 is 0 Å². The van der Waals surface area contributed by atoms with Crippen molar-refractivity contribution >= 4 is 43.0 Å². The molecule has 1 aliphatic carbocycles. The molecule has 3 aromatic rings. The molecule has 0 spiro atoms. The number of halogens is 1. The summed E-state index contributed by atoms with van der Waals surface area (Å²) in [6.45, 7) is 4.56. The van der Waals surface area contributed by atoms with Crippen LogP contribution in [0.4, 0.5) is 0 Å². The number of aromatic nitrogens is 4. The smallest absolute Gasteiger partial charge is 0.305 e. The van der Waals surface area contributed by atoms with E-state index in [0.29, 0.717) is 38.1 Å². The van der Waals surface area contributed by atoms with Crippen LogP contribution in [0.25, 0.3) is 22.2 Å². The quantitative estimate of drug-likeness (QED) is 0.282. The maximum absolute atomic E-state index is 13.8. The molecule has 0 N–H and O–H groups in total. The van der Waals surface area contributed by atoms with Crippen LogP contribution in [0, 0.1) is 0 Å². The molecule has 1 atom stereocenters. The van der Waals surface area contributed by atoms with Gasteiger partial charge in [-0.05, 0) is 51.3 Å². The average Bonchev–Trinajstić information content (AvgIpc) is 3.41. The van der Waals surface area contributed by atoms with E-state index in [9.17, 15) is 13.2 Å². The molecule has 0 radical (unpaired) electrons. The first-order valence-electron chi connectivity index (χ1n) is 11.2. The largest absolute Gasteiger partial charge is 0.466 e. The lowest BCUT2D eigenvalue weighted by Gasteiger charge is -2.27. The molecule has 0 saturated heterocycles. The van der Waals surface area contributed by atoms with Gasteiger partial charge in [-0.3, -0.25) is 9.48 Å². The number of carbonyl (C=O) groups is 1. The zero-order valence-electron chi connectivity index (χ0n) is 19.1. The minimum Gasteiger partial charge on any atom is -0.466 e. The molecule has 0 aliphatic heterocycles. The van der Waals surface area contributed by atoms with E-state index in [0.717, 1.165) is 27.4 Å². The van der Waals surface area contributed by atoms with Crippen molar-refractivity contribution in [2.75, 3.05) is 6.61 Å². The Balaban J connectivity index is 1.61. The second-order valence-electron chi connectivity index (χ2n) is 8.42. The van der Waals surface area contributed by atoms with Crippen molar-refractivity contribution < 1.29 is 17.9 Å². The molecule has 3 aromatic heterocycles. The van der Waals surface area contributed by atoms with E-state index in [1.165, 1.54) is 3.97 Å². The lowest BCUT2D eigenvalue weighted by Crippen LogP contribution is -2.38. The Kier molecular flexibility index (Phi) is 7.09. The summed E-state index contributed by atoms with van der Waals surface area (Å²) in [6.07, 6.45) is 14.6. The number of pyridine rings is 1. The molecular weight excluding hydrogens is 520 g/mol. The molecule has 10 heteroatoms. The van der Waals surface area contributed by atoms with Crippen LogP contribution in [0.15, 0.2) is 59.6 Å². The topological polar surface area (TPSA) is 96.1 Å². The number of ether oxygens (including phenoxy) is 1. The van der Waals surface area contributed by atoms with Crippen molar-refractivity contribution in [1.82, 2.24) is 18.7 Å². The Morgan fingerprint density at radius 3 is 2.88 bits per heavy atom. The minimum atomic E-state index is -3.81. The molecule has 180 valence electrons. The molecule has 3 heterocycles. The third kappa shape index (κ3) is 4.74. The van der Waals surface area contributed by atoms with Gasteiger partial charge in [-0.2, -0.15) is 5.10 Å². The van der Waals surface area contributed by atoms with Gasteiger partial charge in [0.1, 0.15) is 4.75 Å². The summed E-state index contributed by atoms with van der Waals surface area (Å²) in [4.78, 5) is 15.9. The fourth-order valence-corrected chi connectivity index (χ4v) is 6.55. The van der Waals surface area contributed by atoms with E-state index in [1.807, 2.05) is 29.1 Å². The normalized spacial score (nSPS) is 18.3. The number of nitrogens with zero attached hydrogens (tertiary/aromatic N) is 4. The molecule has 1 aliphatic rings. The average molecular weight is 547 g/mol. The van der Waals surface area contributed by atoms with Gasteiger partial charge in [0.15, 0.2) is 5.65 Å². The van der Waals surface area contributed by atoms with Crippen LogP contribution in [0.1, 0.15) is 39.5 Å². The maximum atomic E-state index is 13.8. The molecule has 0 fully saturated rings. The Morgan fingerprint density at radius 2 is 2.12 bits per heavy atom. The lowest BCUT2D eigenvalue weighted by molar-refractivity contribution is -0.143. The third-order valence-corrected chi connectivity index (χ3v) is 8.64. The van der Waals surface area contributed by atoms with E-state index < -0.39 is 14.8 Å². The first-order valence-corrected chi connectivity index (χ1v) is 13.4. The zero-order chi connectivity index (χ0) is 24.3. The second-order valence-corrected chi connectivity index (χ2v) is 11.6. The molecule has 0 amide bonds. The maximum Gasteiger partial charge on any atom is 0.305 e. The van der Waals surface area contributed by atoms with Gasteiger partial charge in [-0.1, -0.05) is 28.1 Å². The Hall–Kier alpha value is -2.72. The van der Waals surface area contributed by atoms with E-state index in [1.54, 1.807) is 44.6 Å². The second kappa shape index (κ2) is 9.87. The summed E-state index contributed by atoms with van der Waals surface area (Å²) in [6, 6.07) is 3.67. The summed E-state index contributed by atoms with van der Waals surface area (Å²) in [7, 11) is -3.81. The van der Waals surface area contributed by atoms with Crippen LogP contribution in [-0.2, 0) is 26.1 Å². The van der Waals surface area contributed by atoms with Gasteiger partial charge in [0.05, 0.1) is 12.8 Å². The highest BCUT2D eigenvalue weighted by Gasteiger charge is 2.40. The van der Waals surface area contributed by atoms with Gasteiger partial charge in [0.25, 0.3) is 0 Å². The number of unbranched alkanes of at least 4 members (excludes halogenated alkanes) is 1. The summed E-state index contributed by atoms with van der Waals surface area (Å²) < 4.78 is 35.2. The van der Waals surface area contributed by atoms with Gasteiger partial charge in [0, 0.05) is 52.6 Å². The Bertz CT molecular complexity index is 1370. The number of hydrogen-bond donors (Lipinski definition) is 0. The SMILES string of the molecule is CCOC(=O)CCCCn1cc(-c2cn(S(=O)(=O)C3(C)C=C(Br)C=CC3)c3ncccc23)cn1. The predicted octanol–water partition coefficient (Wildman–Crippen LogP) is 4.81. The van der Waals surface area contributed by atoms with Gasteiger partial charge in [0.2, 0.25) is 10.0 Å². The summed E-state index contributed by atoms with van der Waals surface area (Å²) >= 11 is 3.41. The van der Waals surface area contributed by atoms with Crippen LogP contribution in [-0.4, -0.2) is 44.5 Å². The highest BCUT2D eigenvalue weighted by molar-refractivity contribution is 9.11. The van der Waals surface area contributed by atoms with Crippen LogP contribution < -0.4 is 0 Å². The fourth-order valence-electron chi connectivity index (χ4n) is 4.05. The standard InChI is InChI=1S/C24H27BrN4O4S/c1-3-33-22(30)10-4-5-13-28-16-18(15-27-28)21-17-29(23-20(21)9-7-12-26-23)34(31,32)24(2)11-6-8-19(25)14-24/h6-9,12,14-17H,3-5,10-11,13H2,1-2H3. The van der Waals surface area contributed by atoms with Crippen LogP contribution >= 0.6 is 15.9 Å². The van der Waals surface area contributed by atoms with Gasteiger partial charge in [-0.15, -0.1) is 0 Å². The number of carbonyl (C=O) groups excluding carboxylic acids is 1. The van der Waals surface area contributed by atoms with Crippen molar-refractivity contribution in [2.45, 2.75) is 50.8 Å². The number of fused-ring (bicyclic) bond motifs is 1. The summed E-state index contributed by atoms with van der Waals surface area (Å²) in [5.74, 6) is -0.186. The van der Waals surface area contributed by atoms with E-state index in [-0.39, 0.29) is 5.97 Å². The molecular formula is C24H27BrN4O4S. The van der Waals surface area contributed by atoms with Gasteiger partial charge < -0.3 is 4.74 Å². The summed E-state index contributed by atoms with van der Waals surface area (Å²) in [5.41, 5.74) is 1.95. The molecule has 0 saturated carbocycles. The molecule has 1 unspecified atom stereocenters. The van der Waals surface area contributed by atoms with Crippen LogP contribution in [0.3, 0.4) is 0 Å². The highest BCUT2D eigenvalue weighted by Crippen LogP contribution is 2.37. The minimum absolute atomic E-state index is 0.186.